The van der Waals surface area contributed by atoms with E-state index in [1.54, 1.807) is 22.1 Å². The number of piperidine rings is 1. The highest BCUT2D eigenvalue weighted by Gasteiger charge is 2.24. The molecule has 1 fully saturated rings. The van der Waals surface area contributed by atoms with Crippen LogP contribution in [0.25, 0.3) is 0 Å². The predicted molar refractivity (Wildman–Crippen MR) is 97.7 cm³/mol. The molecule has 0 saturated carbocycles. The van der Waals surface area contributed by atoms with Gasteiger partial charge in [-0.05, 0) is 39.2 Å². The van der Waals surface area contributed by atoms with E-state index in [1.165, 1.54) is 12.8 Å². The fourth-order valence-electron chi connectivity index (χ4n) is 3.14. The normalized spacial score (nSPS) is 18.3. The van der Waals surface area contributed by atoms with Crippen molar-refractivity contribution >= 4 is 17.2 Å². The van der Waals surface area contributed by atoms with Crippen molar-refractivity contribution in [2.75, 3.05) is 18.0 Å². The Morgan fingerprint density at radius 1 is 1.38 bits per heavy atom. The van der Waals surface area contributed by atoms with E-state index < -0.39 is 0 Å². The molecule has 7 heteroatoms. The zero-order chi connectivity index (χ0) is 16.9. The van der Waals surface area contributed by atoms with Gasteiger partial charge < -0.3 is 10.2 Å². The SMILES string of the molecule is CC(C)n1nc(N2CCCCC2CNCc2cscn2)ccc1=O. The smallest absolute Gasteiger partial charge is 0.267 e. The van der Waals surface area contributed by atoms with Crippen LogP contribution in [-0.2, 0) is 6.54 Å². The molecule has 0 aliphatic carbocycles. The van der Waals surface area contributed by atoms with E-state index in [4.69, 9.17) is 0 Å². The van der Waals surface area contributed by atoms with Crippen LogP contribution in [0.2, 0.25) is 0 Å². The third-order valence-corrected chi connectivity index (χ3v) is 5.03. The molecular weight excluding hydrogens is 322 g/mol. The van der Waals surface area contributed by atoms with Crippen LogP contribution >= 0.6 is 11.3 Å². The van der Waals surface area contributed by atoms with Crippen molar-refractivity contribution in [3.05, 3.63) is 39.1 Å². The Balaban J connectivity index is 1.69. The first kappa shape index (κ1) is 17.1. The molecule has 3 heterocycles. The molecule has 0 aromatic carbocycles. The summed E-state index contributed by atoms with van der Waals surface area (Å²) in [5.74, 6) is 0.906. The fourth-order valence-corrected chi connectivity index (χ4v) is 3.70. The van der Waals surface area contributed by atoms with Gasteiger partial charge in [0.15, 0.2) is 0 Å². The average Bonchev–Trinajstić information content (AvgIpc) is 3.09. The van der Waals surface area contributed by atoms with Gasteiger partial charge in [-0.1, -0.05) is 0 Å². The number of thiazole rings is 1. The van der Waals surface area contributed by atoms with E-state index in [9.17, 15) is 4.79 Å². The molecule has 6 nitrogen and oxygen atoms in total. The van der Waals surface area contributed by atoms with Crippen LogP contribution in [0.5, 0.6) is 0 Å². The molecule has 2 aromatic rings. The lowest BCUT2D eigenvalue weighted by molar-refractivity contribution is 0.422. The minimum absolute atomic E-state index is 0.0380. The van der Waals surface area contributed by atoms with Crippen LogP contribution < -0.4 is 15.8 Å². The number of hydrogen-bond donors (Lipinski definition) is 1. The third kappa shape index (κ3) is 4.02. The summed E-state index contributed by atoms with van der Waals surface area (Å²) < 4.78 is 1.57. The summed E-state index contributed by atoms with van der Waals surface area (Å²) in [4.78, 5) is 18.6. The van der Waals surface area contributed by atoms with Crippen LogP contribution in [0, 0.1) is 0 Å². The molecule has 1 saturated heterocycles. The first-order valence-electron chi connectivity index (χ1n) is 8.59. The first-order chi connectivity index (χ1) is 11.6. The van der Waals surface area contributed by atoms with Gasteiger partial charge in [0.25, 0.3) is 5.56 Å². The second-order valence-electron chi connectivity index (χ2n) is 6.52. The van der Waals surface area contributed by atoms with Crippen LogP contribution in [0.15, 0.2) is 27.8 Å². The Labute approximate surface area is 146 Å². The van der Waals surface area contributed by atoms with Gasteiger partial charge in [0.1, 0.15) is 5.82 Å². The molecule has 0 radical (unpaired) electrons. The monoisotopic (exact) mass is 347 g/mol. The lowest BCUT2D eigenvalue weighted by Crippen LogP contribution is -2.46. The van der Waals surface area contributed by atoms with Crippen molar-refractivity contribution in [2.24, 2.45) is 0 Å². The quantitative estimate of drug-likeness (QED) is 0.869. The summed E-state index contributed by atoms with van der Waals surface area (Å²) in [5.41, 5.74) is 2.92. The standard InChI is InChI=1S/C17H25N5OS/c1-13(2)22-17(23)7-6-16(20-22)21-8-4-3-5-15(21)10-18-9-14-11-24-12-19-14/h6-7,11-13,15,18H,3-5,8-10H2,1-2H3. The highest BCUT2D eigenvalue weighted by atomic mass is 32.1. The van der Waals surface area contributed by atoms with E-state index in [-0.39, 0.29) is 11.6 Å². The van der Waals surface area contributed by atoms with Crippen molar-refractivity contribution in [1.29, 1.82) is 0 Å². The Morgan fingerprint density at radius 3 is 3.00 bits per heavy atom. The number of nitrogens with zero attached hydrogens (tertiary/aromatic N) is 4. The van der Waals surface area contributed by atoms with Crippen LogP contribution in [0.1, 0.15) is 44.8 Å². The van der Waals surface area contributed by atoms with E-state index in [0.29, 0.717) is 6.04 Å². The molecule has 1 aliphatic rings. The van der Waals surface area contributed by atoms with Gasteiger partial charge in [-0.25, -0.2) is 9.67 Å². The zero-order valence-electron chi connectivity index (χ0n) is 14.3. The number of hydrogen-bond acceptors (Lipinski definition) is 6. The van der Waals surface area contributed by atoms with Crippen molar-refractivity contribution in [3.8, 4) is 0 Å². The maximum absolute atomic E-state index is 11.9. The van der Waals surface area contributed by atoms with E-state index in [1.807, 2.05) is 25.4 Å². The molecule has 0 amide bonds. The lowest BCUT2D eigenvalue weighted by atomic mass is 10.0. The van der Waals surface area contributed by atoms with Gasteiger partial charge in [0.05, 0.1) is 17.2 Å². The molecule has 0 spiro atoms. The molecule has 1 aliphatic heterocycles. The minimum atomic E-state index is -0.0380. The number of rotatable bonds is 6. The highest BCUT2D eigenvalue weighted by Crippen LogP contribution is 2.22. The summed E-state index contributed by atoms with van der Waals surface area (Å²) in [6.45, 7) is 6.67. The third-order valence-electron chi connectivity index (χ3n) is 4.39. The van der Waals surface area contributed by atoms with Crippen molar-refractivity contribution in [2.45, 2.75) is 51.7 Å². The number of nitrogens with one attached hydrogen (secondary N) is 1. The lowest BCUT2D eigenvalue weighted by Gasteiger charge is -2.37. The summed E-state index contributed by atoms with van der Waals surface area (Å²) >= 11 is 1.62. The summed E-state index contributed by atoms with van der Waals surface area (Å²) in [7, 11) is 0. The average molecular weight is 347 g/mol. The molecule has 1 unspecified atom stereocenters. The molecule has 1 N–H and O–H groups in total. The van der Waals surface area contributed by atoms with Crippen LogP contribution in [-0.4, -0.2) is 33.9 Å². The summed E-state index contributed by atoms with van der Waals surface area (Å²) in [6, 6.07) is 3.97. The molecule has 0 bridgehead atoms. The second kappa shape index (κ2) is 7.90. The Bertz CT molecular complexity index is 697. The molecule has 3 rings (SSSR count). The van der Waals surface area contributed by atoms with Crippen molar-refractivity contribution in [3.63, 3.8) is 0 Å². The summed E-state index contributed by atoms with van der Waals surface area (Å²) in [5, 5.41) is 10.2. The molecule has 130 valence electrons. The van der Waals surface area contributed by atoms with Gasteiger partial charge in [0.2, 0.25) is 0 Å². The molecular formula is C17H25N5OS. The van der Waals surface area contributed by atoms with E-state index in [0.717, 1.165) is 37.6 Å². The number of anilines is 1. The van der Waals surface area contributed by atoms with Crippen LogP contribution in [0.3, 0.4) is 0 Å². The van der Waals surface area contributed by atoms with Crippen LogP contribution in [0.4, 0.5) is 5.82 Å². The van der Waals surface area contributed by atoms with Gasteiger partial charge in [-0.2, -0.15) is 5.10 Å². The highest BCUT2D eigenvalue weighted by molar-refractivity contribution is 7.07. The maximum atomic E-state index is 11.9. The van der Waals surface area contributed by atoms with Gasteiger partial charge in [-0.3, -0.25) is 4.79 Å². The number of aromatic nitrogens is 3. The first-order valence-corrected chi connectivity index (χ1v) is 9.53. The minimum Gasteiger partial charge on any atom is -0.351 e. The Morgan fingerprint density at radius 2 is 2.25 bits per heavy atom. The van der Waals surface area contributed by atoms with E-state index >= 15 is 0 Å². The molecule has 24 heavy (non-hydrogen) atoms. The Hall–Kier alpha value is -1.73. The van der Waals surface area contributed by atoms with Crippen molar-refractivity contribution < 1.29 is 0 Å². The molecule has 1 atom stereocenters. The summed E-state index contributed by atoms with van der Waals surface area (Å²) in [6.07, 6.45) is 3.56. The van der Waals surface area contributed by atoms with E-state index in [2.05, 4.69) is 25.7 Å². The molecule has 2 aromatic heterocycles. The Kier molecular flexibility index (Phi) is 5.63. The second-order valence-corrected chi connectivity index (χ2v) is 7.24. The van der Waals surface area contributed by atoms with Crippen molar-refractivity contribution in [1.82, 2.24) is 20.1 Å². The maximum Gasteiger partial charge on any atom is 0.267 e. The fraction of sp³-hybridized carbons (Fsp3) is 0.588. The predicted octanol–water partition coefficient (Wildman–Crippen LogP) is 2.43. The topological polar surface area (TPSA) is 63.1 Å². The van der Waals surface area contributed by atoms with Gasteiger partial charge in [-0.15, -0.1) is 11.3 Å². The zero-order valence-corrected chi connectivity index (χ0v) is 15.1. The largest absolute Gasteiger partial charge is 0.351 e. The van der Waals surface area contributed by atoms with Gasteiger partial charge in [0, 0.05) is 37.1 Å². The van der Waals surface area contributed by atoms with Gasteiger partial charge >= 0.3 is 0 Å².